The van der Waals surface area contributed by atoms with Crippen molar-refractivity contribution in [2.45, 2.75) is 19.9 Å². The van der Waals surface area contributed by atoms with Gasteiger partial charge >= 0.3 is 0 Å². The van der Waals surface area contributed by atoms with Gasteiger partial charge in [0.15, 0.2) is 4.67 Å². The first kappa shape index (κ1) is 12.5. The monoisotopic (exact) mass is 314 g/mol. The number of aryl methyl sites for hydroxylation is 1. The van der Waals surface area contributed by atoms with Crippen LogP contribution in [0.5, 0.6) is 0 Å². The molecular formula is C12H12BrClN2O. The fourth-order valence-corrected chi connectivity index (χ4v) is 2.06. The van der Waals surface area contributed by atoms with Crippen LogP contribution in [-0.2, 0) is 0 Å². The summed E-state index contributed by atoms with van der Waals surface area (Å²) in [4.78, 5) is 4.19. The molecule has 0 aromatic carbocycles. The van der Waals surface area contributed by atoms with E-state index >= 15 is 0 Å². The van der Waals surface area contributed by atoms with Gasteiger partial charge in [0.25, 0.3) is 0 Å². The van der Waals surface area contributed by atoms with E-state index in [9.17, 15) is 0 Å². The first-order valence-electron chi connectivity index (χ1n) is 5.21. The second kappa shape index (κ2) is 5.10. The highest BCUT2D eigenvalue weighted by molar-refractivity contribution is 9.10. The summed E-state index contributed by atoms with van der Waals surface area (Å²) in [5.74, 6) is 0.867. The van der Waals surface area contributed by atoms with E-state index in [4.69, 9.17) is 16.0 Å². The van der Waals surface area contributed by atoms with Gasteiger partial charge in [-0.05, 0) is 54.0 Å². The minimum absolute atomic E-state index is 0.0722. The summed E-state index contributed by atoms with van der Waals surface area (Å²) >= 11 is 9.10. The van der Waals surface area contributed by atoms with Crippen LogP contribution in [0.3, 0.4) is 0 Å². The van der Waals surface area contributed by atoms with Crippen LogP contribution >= 0.6 is 27.5 Å². The minimum Gasteiger partial charge on any atom is -0.452 e. The smallest absolute Gasteiger partial charge is 0.169 e. The highest BCUT2D eigenvalue weighted by atomic mass is 79.9. The van der Waals surface area contributed by atoms with E-state index in [1.165, 1.54) is 0 Å². The Hall–Kier alpha value is -1.000. The lowest BCUT2D eigenvalue weighted by Gasteiger charge is -2.14. The molecule has 2 heterocycles. The molecule has 0 saturated carbocycles. The van der Waals surface area contributed by atoms with Crippen molar-refractivity contribution in [1.29, 1.82) is 0 Å². The van der Waals surface area contributed by atoms with Crippen molar-refractivity contribution in [2.24, 2.45) is 0 Å². The van der Waals surface area contributed by atoms with Crippen molar-refractivity contribution in [1.82, 2.24) is 4.98 Å². The first-order chi connectivity index (χ1) is 8.06. The molecule has 0 radical (unpaired) electrons. The number of hydrogen-bond acceptors (Lipinski definition) is 3. The van der Waals surface area contributed by atoms with Crippen molar-refractivity contribution in [3.63, 3.8) is 0 Å². The highest BCUT2D eigenvalue weighted by Crippen LogP contribution is 2.25. The van der Waals surface area contributed by atoms with E-state index in [2.05, 4.69) is 26.2 Å². The average molecular weight is 316 g/mol. The predicted molar refractivity (Wildman–Crippen MR) is 72.4 cm³/mol. The van der Waals surface area contributed by atoms with Gasteiger partial charge in [-0.3, -0.25) is 0 Å². The summed E-state index contributed by atoms with van der Waals surface area (Å²) in [6.07, 6.45) is 0. The number of nitrogens with one attached hydrogen (secondary N) is 1. The number of pyridine rings is 1. The van der Waals surface area contributed by atoms with Gasteiger partial charge in [0, 0.05) is 0 Å². The van der Waals surface area contributed by atoms with E-state index < -0.39 is 0 Å². The maximum Gasteiger partial charge on any atom is 0.169 e. The summed E-state index contributed by atoms with van der Waals surface area (Å²) in [6.45, 7) is 3.94. The summed E-state index contributed by atoms with van der Waals surface area (Å²) in [6, 6.07) is 7.56. The number of aromatic nitrogens is 1. The van der Waals surface area contributed by atoms with Gasteiger partial charge in [-0.15, -0.1) is 0 Å². The van der Waals surface area contributed by atoms with Gasteiger partial charge in [0.2, 0.25) is 0 Å². The third-order valence-electron chi connectivity index (χ3n) is 2.44. The Morgan fingerprint density at radius 2 is 2.12 bits per heavy atom. The van der Waals surface area contributed by atoms with Gasteiger partial charge in [-0.2, -0.15) is 0 Å². The number of halogens is 2. The Bertz CT molecular complexity index is 527. The normalized spacial score (nSPS) is 12.5. The molecule has 0 bridgehead atoms. The Kier molecular flexibility index (Phi) is 3.74. The van der Waals surface area contributed by atoms with Gasteiger partial charge in [0.1, 0.15) is 10.9 Å². The fourth-order valence-electron chi connectivity index (χ4n) is 1.55. The van der Waals surface area contributed by atoms with Crippen LogP contribution in [0, 0.1) is 6.92 Å². The van der Waals surface area contributed by atoms with Crippen molar-refractivity contribution >= 4 is 33.2 Å². The molecule has 1 atom stereocenters. The minimum atomic E-state index is 0.0722. The number of nitrogens with zero attached hydrogens (tertiary/aromatic N) is 1. The average Bonchev–Trinajstić information content (AvgIpc) is 2.69. The second-order valence-corrected chi connectivity index (χ2v) is 4.94. The van der Waals surface area contributed by atoms with Gasteiger partial charge in [-0.25, -0.2) is 4.98 Å². The molecule has 90 valence electrons. The van der Waals surface area contributed by atoms with Crippen molar-refractivity contribution in [3.8, 4) is 0 Å². The number of anilines is 1. The maximum atomic E-state index is 5.81. The Morgan fingerprint density at radius 1 is 1.35 bits per heavy atom. The molecular weight excluding hydrogens is 304 g/mol. The summed E-state index contributed by atoms with van der Waals surface area (Å²) in [5.41, 5.74) is 1.82. The Balaban J connectivity index is 2.15. The highest BCUT2D eigenvalue weighted by Gasteiger charge is 2.11. The Labute approximate surface area is 113 Å². The lowest BCUT2D eigenvalue weighted by molar-refractivity contribution is 0.471. The van der Waals surface area contributed by atoms with Crippen LogP contribution in [0.4, 0.5) is 5.69 Å². The van der Waals surface area contributed by atoms with Crippen LogP contribution in [0.1, 0.15) is 24.4 Å². The molecule has 2 aromatic rings. The fraction of sp³-hybridized carbons (Fsp3) is 0.250. The first-order valence-corrected chi connectivity index (χ1v) is 6.38. The molecule has 0 saturated heterocycles. The summed E-state index contributed by atoms with van der Waals surface area (Å²) < 4.78 is 6.22. The van der Waals surface area contributed by atoms with Crippen molar-refractivity contribution in [2.75, 3.05) is 5.32 Å². The maximum absolute atomic E-state index is 5.81. The zero-order valence-corrected chi connectivity index (χ0v) is 11.8. The summed E-state index contributed by atoms with van der Waals surface area (Å²) in [7, 11) is 0. The molecule has 0 spiro atoms. The zero-order chi connectivity index (χ0) is 12.4. The molecule has 0 aliphatic carbocycles. The standard InChI is InChI=1S/C12H12BrClN2O/c1-7-9(3-6-12(14)16-7)15-8(2)10-4-5-11(13)17-10/h3-6,8,15H,1-2H3. The second-order valence-electron chi connectivity index (χ2n) is 3.77. The third-order valence-corrected chi connectivity index (χ3v) is 3.08. The molecule has 3 nitrogen and oxygen atoms in total. The molecule has 0 aliphatic rings. The number of rotatable bonds is 3. The van der Waals surface area contributed by atoms with Crippen LogP contribution in [0.25, 0.3) is 0 Å². The van der Waals surface area contributed by atoms with E-state index in [1.807, 2.05) is 32.0 Å². The number of hydrogen-bond donors (Lipinski definition) is 1. The molecule has 1 N–H and O–H groups in total. The molecule has 0 fully saturated rings. The van der Waals surface area contributed by atoms with Crippen molar-refractivity contribution in [3.05, 3.63) is 45.5 Å². The van der Waals surface area contributed by atoms with E-state index in [1.54, 1.807) is 6.07 Å². The molecule has 0 aliphatic heterocycles. The lowest BCUT2D eigenvalue weighted by Crippen LogP contribution is -2.07. The SMILES string of the molecule is Cc1nc(Cl)ccc1NC(C)c1ccc(Br)o1. The summed E-state index contributed by atoms with van der Waals surface area (Å²) in [5, 5.41) is 3.83. The van der Waals surface area contributed by atoms with Crippen molar-refractivity contribution < 1.29 is 4.42 Å². The predicted octanol–water partition coefficient (Wildman–Crippen LogP) is 4.57. The molecule has 2 rings (SSSR count). The van der Waals surface area contributed by atoms with Crippen LogP contribution in [-0.4, -0.2) is 4.98 Å². The van der Waals surface area contributed by atoms with Crippen LogP contribution in [0.15, 0.2) is 33.4 Å². The quantitative estimate of drug-likeness (QED) is 0.843. The molecule has 5 heteroatoms. The Morgan fingerprint density at radius 3 is 2.71 bits per heavy atom. The van der Waals surface area contributed by atoms with E-state index in [-0.39, 0.29) is 6.04 Å². The molecule has 17 heavy (non-hydrogen) atoms. The van der Waals surface area contributed by atoms with Gasteiger partial charge in [0.05, 0.1) is 17.4 Å². The van der Waals surface area contributed by atoms with Gasteiger partial charge in [-0.1, -0.05) is 11.6 Å². The lowest BCUT2D eigenvalue weighted by atomic mass is 10.2. The zero-order valence-electron chi connectivity index (χ0n) is 9.50. The topological polar surface area (TPSA) is 38.1 Å². The third kappa shape index (κ3) is 3.01. The molecule has 0 amide bonds. The van der Waals surface area contributed by atoms with Crippen LogP contribution in [0.2, 0.25) is 5.15 Å². The van der Waals surface area contributed by atoms with Crippen LogP contribution < -0.4 is 5.32 Å². The van der Waals surface area contributed by atoms with E-state index in [0.717, 1.165) is 21.8 Å². The molecule has 1 unspecified atom stereocenters. The largest absolute Gasteiger partial charge is 0.452 e. The van der Waals surface area contributed by atoms with Gasteiger partial charge < -0.3 is 9.73 Å². The molecule has 2 aromatic heterocycles. The van der Waals surface area contributed by atoms with E-state index in [0.29, 0.717) is 5.15 Å². The number of furan rings is 1.